The van der Waals surface area contributed by atoms with E-state index in [1.165, 1.54) is 61.2 Å². The fourth-order valence-corrected chi connectivity index (χ4v) is 4.51. The molecule has 0 aliphatic carbocycles. The Kier molecular flexibility index (Phi) is 5.97. The Hall–Kier alpha value is -3.26. The third kappa shape index (κ3) is 3.99. The summed E-state index contributed by atoms with van der Waals surface area (Å²) < 4.78 is 0. The maximum atomic E-state index is 5.12. The van der Waals surface area contributed by atoms with Gasteiger partial charge >= 0.3 is 0 Å². The van der Waals surface area contributed by atoms with Crippen molar-refractivity contribution in [3.63, 3.8) is 0 Å². The van der Waals surface area contributed by atoms with Crippen molar-refractivity contribution in [3.8, 4) is 33.9 Å². The van der Waals surface area contributed by atoms with Crippen LogP contribution in [-0.4, -0.2) is 9.97 Å². The highest BCUT2D eigenvalue weighted by Gasteiger charge is 2.17. The summed E-state index contributed by atoms with van der Waals surface area (Å²) in [5, 5.41) is 0. The Labute approximate surface area is 198 Å². The summed E-state index contributed by atoms with van der Waals surface area (Å²) in [5.74, 6) is 0.790. The van der Waals surface area contributed by atoms with Gasteiger partial charge in [-0.05, 0) is 118 Å². The number of hydrogen-bond donors (Lipinski definition) is 0. The summed E-state index contributed by atoms with van der Waals surface area (Å²) in [7, 11) is 0. The number of nitrogens with zero attached hydrogens (tertiary/aromatic N) is 2. The topological polar surface area (TPSA) is 25.8 Å². The van der Waals surface area contributed by atoms with Crippen LogP contribution in [0.25, 0.3) is 33.9 Å². The minimum absolute atomic E-state index is 0.790. The maximum Gasteiger partial charge on any atom is 0.160 e. The minimum atomic E-state index is 0.790. The molecular weight excluding hydrogens is 400 g/mol. The molecule has 168 valence electrons. The fraction of sp³-hybridized carbons (Fsp3) is 0.290. The van der Waals surface area contributed by atoms with Gasteiger partial charge in [-0.2, -0.15) is 0 Å². The highest BCUT2D eigenvalue weighted by atomic mass is 14.9. The van der Waals surface area contributed by atoms with Crippen LogP contribution in [0.2, 0.25) is 0 Å². The van der Waals surface area contributed by atoms with E-state index in [0.717, 1.165) is 22.8 Å². The maximum absolute atomic E-state index is 5.12. The molecular formula is C31H34N2. The summed E-state index contributed by atoms with van der Waals surface area (Å²) in [4.78, 5) is 10.2. The number of benzene rings is 3. The smallest absolute Gasteiger partial charge is 0.160 e. The quantitative estimate of drug-likeness (QED) is 0.324. The first kappa shape index (κ1) is 22.9. The monoisotopic (exact) mass is 434 g/mol. The van der Waals surface area contributed by atoms with Crippen molar-refractivity contribution in [2.75, 3.05) is 0 Å². The second-order valence-corrected chi connectivity index (χ2v) is 9.50. The lowest BCUT2D eigenvalue weighted by Gasteiger charge is -2.17. The van der Waals surface area contributed by atoms with Gasteiger partial charge in [0.25, 0.3) is 0 Å². The van der Waals surface area contributed by atoms with Crippen molar-refractivity contribution in [1.29, 1.82) is 0 Å². The second-order valence-electron chi connectivity index (χ2n) is 9.50. The molecule has 2 nitrogen and oxygen atoms in total. The fourth-order valence-electron chi connectivity index (χ4n) is 4.51. The lowest BCUT2D eigenvalue weighted by atomic mass is 9.93. The summed E-state index contributed by atoms with van der Waals surface area (Å²) in [6, 6.07) is 15.3. The first-order valence-corrected chi connectivity index (χ1v) is 11.7. The van der Waals surface area contributed by atoms with Crippen LogP contribution in [0.3, 0.4) is 0 Å². The van der Waals surface area contributed by atoms with Crippen molar-refractivity contribution in [2.24, 2.45) is 0 Å². The van der Waals surface area contributed by atoms with Crippen molar-refractivity contribution in [2.45, 2.75) is 62.3 Å². The van der Waals surface area contributed by atoms with Gasteiger partial charge in [0.2, 0.25) is 0 Å². The largest absolute Gasteiger partial charge is 0.228 e. The molecule has 2 heteroatoms. The number of rotatable bonds is 3. The molecule has 4 rings (SSSR count). The third-order valence-electron chi connectivity index (χ3n) is 7.69. The summed E-state index contributed by atoms with van der Waals surface area (Å²) in [5.41, 5.74) is 17.0. The molecule has 0 aliphatic heterocycles. The van der Waals surface area contributed by atoms with E-state index in [2.05, 4.69) is 105 Å². The average Bonchev–Trinajstić information content (AvgIpc) is 2.79. The summed E-state index contributed by atoms with van der Waals surface area (Å²) in [6.45, 7) is 19.6. The molecule has 0 bridgehead atoms. The predicted octanol–water partition coefficient (Wildman–Crippen LogP) is 8.25. The van der Waals surface area contributed by atoms with Crippen molar-refractivity contribution >= 4 is 0 Å². The van der Waals surface area contributed by atoms with Gasteiger partial charge in [0.05, 0.1) is 11.4 Å². The van der Waals surface area contributed by atoms with Gasteiger partial charge in [0, 0.05) is 16.7 Å². The average molecular weight is 435 g/mol. The van der Waals surface area contributed by atoms with Gasteiger partial charge in [0.1, 0.15) is 0 Å². The van der Waals surface area contributed by atoms with E-state index in [-0.39, 0.29) is 0 Å². The first-order chi connectivity index (χ1) is 15.6. The molecule has 0 unspecified atom stereocenters. The van der Waals surface area contributed by atoms with Crippen molar-refractivity contribution < 1.29 is 0 Å². The van der Waals surface area contributed by atoms with Gasteiger partial charge in [-0.1, -0.05) is 36.4 Å². The molecule has 0 amide bonds. The standard InChI is InChI=1S/C31H34N2/c1-17-10-13-26(23(7)20(17)4)29-16-30(27-14-11-18(2)21(5)24(27)8)33-31(32-29)28-15-12-19(3)22(6)25(28)9/h10-16H,1-9H3. The molecule has 1 aromatic heterocycles. The minimum Gasteiger partial charge on any atom is -0.228 e. The van der Waals surface area contributed by atoms with Crippen molar-refractivity contribution in [1.82, 2.24) is 9.97 Å². The number of aryl methyl sites for hydroxylation is 3. The second kappa shape index (κ2) is 8.59. The SMILES string of the molecule is Cc1ccc(-c2cc(-c3ccc(C)c(C)c3C)nc(-c3ccc(C)c(C)c3C)n2)c(C)c1C. The van der Waals surface area contributed by atoms with Crippen LogP contribution in [0, 0.1) is 62.3 Å². The van der Waals surface area contributed by atoms with Gasteiger partial charge in [0.15, 0.2) is 5.82 Å². The van der Waals surface area contributed by atoms with E-state index in [4.69, 9.17) is 9.97 Å². The Morgan fingerprint density at radius 3 is 1.12 bits per heavy atom. The van der Waals surface area contributed by atoms with E-state index in [9.17, 15) is 0 Å². The molecule has 0 saturated heterocycles. The molecule has 0 saturated carbocycles. The molecule has 1 heterocycles. The molecule has 3 aromatic carbocycles. The van der Waals surface area contributed by atoms with Crippen molar-refractivity contribution in [3.05, 3.63) is 92.5 Å². The summed E-state index contributed by atoms with van der Waals surface area (Å²) >= 11 is 0. The third-order valence-corrected chi connectivity index (χ3v) is 7.69. The molecule has 0 radical (unpaired) electrons. The van der Waals surface area contributed by atoms with Crippen LogP contribution in [-0.2, 0) is 0 Å². The molecule has 0 spiro atoms. The van der Waals surface area contributed by atoms with Crippen LogP contribution in [0.5, 0.6) is 0 Å². The zero-order chi connectivity index (χ0) is 24.0. The predicted molar refractivity (Wildman–Crippen MR) is 141 cm³/mol. The van der Waals surface area contributed by atoms with E-state index >= 15 is 0 Å². The molecule has 33 heavy (non-hydrogen) atoms. The lowest BCUT2D eigenvalue weighted by molar-refractivity contribution is 1.15. The summed E-state index contributed by atoms with van der Waals surface area (Å²) in [6.07, 6.45) is 0. The Morgan fingerprint density at radius 1 is 0.394 bits per heavy atom. The molecule has 4 aromatic rings. The highest BCUT2D eigenvalue weighted by Crippen LogP contribution is 2.34. The van der Waals surface area contributed by atoms with E-state index in [1.54, 1.807) is 0 Å². The van der Waals surface area contributed by atoms with Gasteiger partial charge in [-0.3, -0.25) is 0 Å². The van der Waals surface area contributed by atoms with E-state index in [1.807, 2.05) is 0 Å². The Balaban J connectivity index is 2.04. The molecule has 0 fully saturated rings. The lowest BCUT2D eigenvalue weighted by Crippen LogP contribution is -2.01. The van der Waals surface area contributed by atoms with Crippen LogP contribution < -0.4 is 0 Å². The molecule has 0 aliphatic rings. The normalized spacial score (nSPS) is 11.2. The first-order valence-electron chi connectivity index (χ1n) is 11.7. The van der Waals surface area contributed by atoms with Crippen LogP contribution in [0.15, 0.2) is 42.5 Å². The molecule has 0 N–H and O–H groups in total. The van der Waals surface area contributed by atoms with E-state index in [0.29, 0.717) is 0 Å². The highest BCUT2D eigenvalue weighted by molar-refractivity contribution is 5.77. The van der Waals surface area contributed by atoms with Gasteiger partial charge in [-0.15, -0.1) is 0 Å². The number of hydrogen-bond acceptors (Lipinski definition) is 2. The Bertz CT molecular complexity index is 1210. The zero-order valence-electron chi connectivity index (χ0n) is 21.4. The van der Waals surface area contributed by atoms with Gasteiger partial charge < -0.3 is 0 Å². The van der Waals surface area contributed by atoms with E-state index < -0.39 is 0 Å². The van der Waals surface area contributed by atoms with Gasteiger partial charge in [-0.25, -0.2) is 9.97 Å². The number of aromatic nitrogens is 2. The van der Waals surface area contributed by atoms with Crippen LogP contribution in [0.4, 0.5) is 0 Å². The molecule has 0 atom stereocenters. The zero-order valence-corrected chi connectivity index (χ0v) is 21.4. The van der Waals surface area contributed by atoms with Crippen LogP contribution in [0.1, 0.15) is 50.1 Å². The van der Waals surface area contributed by atoms with Crippen LogP contribution >= 0.6 is 0 Å². The Morgan fingerprint density at radius 2 is 0.727 bits per heavy atom.